The number of nitrogens with zero attached hydrogens (tertiary/aromatic N) is 3. The predicted octanol–water partition coefficient (Wildman–Crippen LogP) is 2.80. The first kappa shape index (κ1) is 12.7. The summed E-state index contributed by atoms with van der Waals surface area (Å²) in [6, 6.07) is 11.8. The number of amides is 2. The van der Waals surface area contributed by atoms with Crippen molar-refractivity contribution in [1.82, 2.24) is 9.99 Å². The number of aromatic nitrogens is 1. The highest BCUT2D eigenvalue weighted by Crippen LogP contribution is 2.09. The molecule has 0 aliphatic heterocycles. The number of hydrogen-bond donors (Lipinski definition) is 1. The lowest BCUT2D eigenvalue weighted by Crippen LogP contribution is -2.29. The van der Waals surface area contributed by atoms with Crippen molar-refractivity contribution in [3.63, 3.8) is 0 Å². The lowest BCUT2D eigenvalue weighted by Gasteiger charge is -2.14. The third-order valence-corrected chi connectivity index (χ3v) is 2.41. The van der Waals surface area contributed by atoms with E-state index in [1.807, 2.05) is 6.07 Å². The van der Waals surface area contributed by atoms with Crippen LogP contribution in [0.25, 0.3) is 0 Å². The van der Waals surface area contributed by atoms with Crippen molar-refractivity contribution in [3.05, 3.63) is 65.3 Å². The lowest BCUT2D eigenvalue weighted by atomic mass is 10.3. The maximum absolute atomic E-state index is 11.8. The molecule has 96 valence electrons. The van der Waals surface area contributed by atoms with Crippen molar-refractivity contribution in [1.29, 1.82) is 0 Å². The highest BCUT2D eigenvalue weighted by Gasteiger charge is 2.14. The second kappa shape index (κ2) is 6.25. The van der Waals surface area contributed by atoms with Crippen LogP contribution in [-0.2, 0) is 6.54 Å². The molecule has 0 aliphatic carbocycles. The highest BCUT2D eigenvalue weighted by atomic mass is 16.3. The van der Waals surface area contributed by atoms with E-state index in [-0.39, 0.29) is 6.54 Å². The fraction of sp³-hybridized carbons (Fsp3) is 0.0769. The molecule has 0 spiro atoms. The Bertz CT molecular complexity index is 545. The van der Waals surface area contributed by atoms with Gasteiger partial charge in [-0.2, -0.15) is 5.01 Å². The van der Waals surface area contributed by atoms with Crippen molar-refractivity contribution >= 4 is 11.7 Å². The van der Waals surface area contributed by atoms with Crippen LogP contribution in [0.3, 0.4) is 0 Å². The summed E-state index contributed by atoms with van der Waals surface area (Å²) in [5.74, 6) is 0. The molecule has 2 amide bonds. The molecule has 6 nitrogen and oxygen atoms in total. The summed E-state index contributed by atoms with van der Waals surface area (Å²) >= 11 is 0. The van der Waals surface area contributed by atoms with Gasteiger partial charge in [-0.3, -0.25) is 4.98 Å². The maximum atomic E-state index is 11.8. The first-order chi connectivity index (χ1) is 9.29. The van der Waals surface area contributed by atoms with Gasteiger partial charge in [-0.1, -0.05) is 24.3 Å². The monoisotopic (exact) mass is 256 g/mol. The minimum atomic E-state index is -0.579. The van der Waals surface area contributed by atoms with E-state index >= 15 is 0 Å². The zero-order valence-corrected chi connectivity index (χ0v) is 10.1. The number of hydrogen-bond acceptors (Lipinski definition) is 4. The molecular formula is C13H12N4O2. The molecule has 1 N–H and O–H groups in total. The van der Waals surface area contributed by atoms with Gasteiger partial charge in [0.05, 0.1) is 11.8 Å². The van der Waals surface area contributed by atoms with Crippen molar-refractivity contribution in [2.45, 2.75) is 6.54 Å². The van der Waals surface area contributed by atoms with Crippen LogP contribution in [0.2, 0.25) is 0 Å². The van der Waals surface area contributed by atoms with Gasteiger partial charge in [0.15, 0.2) is 0 Å². The Labute approximate surface area is 110 Å². The van der Waals surface area contributed by atoms with E-state index in [4.69, 9.17) is 0 Å². The predicted molar refractivity (Wildman–Crippen MR) is 71.0 cm³/mol. The number of rotatable bonds is 4. The van der Waals surface area contributed by atoms with E-state index in [2.05, 4.69) is 15.6 Å². The van der Waals surface area contributed by atoms with Crippen molar-refractivity contribution in [2.24, 2.45) is 5.29 Å². The number of nitrogens with one attached hydrogen (secondary N) is 1. The molecule has 0 saturated heterocycles. The molecule has 6 heteroatoms. The van der Waals surface area contributed by atoms with Crippen molar-refractivity contribution in [3.8, 4) is 0 Å². The van der Waals surface area contributed by atoms with Gasteiger partial charge in [0.1, 0.15) is 0 Å². The highest BCUT2D eigenvalue weighted by molar-refractivity contribution is 5.88. The molecule has 0 aliphatic rings. The number of urea groups is 1. The van der Waals surface area contributed by atoms with Crippen LogP contribution in [0, 0.1) is 4.91 Å². The summed E-state index contributed by atoms with van der Waals surface area (Å²) in [6.45, 7) is 0.0794. The Morgan fingerprint density at radius 3 is 2.63 bits per heavy atom. The minimum Gasteiger partial charge on any atom is -0.306 e. The summed E-state index contributed by atoms with van der Waals surface area (Å²) in [7, 11) is 0. The van der Waals surface area contributed by atoms with Crippen LogP contribution in [0.15, 0.2) is 60.1 Å². The number of benzene rings is 1. The molecule has 0 saturated carbocycles. The topological polar surface area (TPSA) is 74.7 Å². The fourth-order valence-corrected chi connectivity index (χ4v) is 1.51. The molecule has 1 aromatic carbocycles. The largest absolute Gasteiger partial charge is 0.345 e. The summed E-state index contributed by atoms with van der Waals surface area (Å²) in [4.78, 5) is 26.5. The molecule has 2 rings (SSSR count). The average molecular weight is 256 g/mol. The van der Waals surface area contributed by atoms with E-state index in [1.165, 1.54) is 0 Å². The first-order valence-corrected chi connectivity index (χ1v) is 5.65. The second-order valence-electron chi connectivity index (χ2n) is 3.80. The number of carbonyl (C=O) groups excluding carboxylic acids is 1. The molecule has 19 heavy (non-hydrogen) atoms. The second-order valence-corrected chi connectivity index (χ2v) is 3.80. The molecule has 0 unspecified atom stereocenters. The first-order valence-electron chi connectivity index (χ1n) is 5.65. The Kier molecular flexibility index (Phi) is 4.17. The third-order valence-electron chi connectivity index (χ3n) is 2.41. The maximum Gasteiger partial charge on any atom is 0.345 e. The number of carbonyl (C=O) groups is 1. The standard InChI is InChI=1S/C13H12N4O2/c18-13(15-12-6-2-1-3-7-12)17(16-19)10-11-5-4-8-14-9-11/h1-9H,10H2,(H,15,18). The van der Waals surface area contributed by atoms with E-state index in [0.717, 1.165) is 10.6 Å². The molecule has 2 aromatic rings. The fourth-order valence-electron chi connectivity index (χ4n) is 1.51. The van der Waals surface area contributed by atoms with Gasteiger partial charge in [-0.25, -0.2) is 4.79 Å². The zero-order valence-electron chi connectivity index (χ0n) is 10.1. The van der Waals surface area contributed by atoms with Gasteiger partial charge in [0, 0.05) is 18.1 Å². The summed E-state index contributed by atoms with van der Waals surface area (Å²) in [5, 5.41) is 6.12. The Morgan fingerprint density at radius 1 is 1.21 bits per heavy atom. The quantitative estimate of drug-likeness (QED) is 0.675. The Morgan fingerprint density at radius 2 is 2.00 bits per heavy atom. The summed E-state index contributed by atoms with van der Waals surface area (Å²) in [6.07, 6.45) is 3.19. The summed E-state index contributed by atoms with van der Waals surface area (Å²) in [5.41, 5.74) is 1.33. The summed E-state index contributed by atoms with van der Waals surface area (Å²) < 4.78 is 0. The molecular weight excluding hydrogens is 244 g/mol. The van der Waals surface area contributed by atoms with Gasteiger partial charge in [-0.05, 0) is 23.8 Å². The molecule has 0 atom stereocenters. The zero-order chi connectivity index (χ0) is 13.5. The average Bonchev–Trinajstić information content (AvgIpc) is 2.47. The number of anilines is 1. The molecule has 0 bridgehead atoms. The molecule has 1 aromatic heterocycles. The van der Waals surface area contributed by atoms with Crippen LogP contribution in [0.1, 0.15) is 5.56 Å². The molecule has 1 heterocycles. The third kappa shape index (κ3) is 3.60. The number of nitroso groups, excluding NO2 is 1. The van der Waals surface area contributed by atoms with E-state index in [9.17, 15) is 9.70 Å². The molecule has 0 radical (unpaired) electrons. The Hall–Kier alpha value is -2.76. The van der Waals surface area contributed by atoms with Crippen LogP contribution in [-0.4, -0.2) is 16.0 Å². The molecule has 0 fully saturated rings. The van der Waals surface area contributed by atoms with Crippen LogP contribution < -0.4 is 5.32 Å². The van der Waals surface area contributed by atoms with Gasteiger partial charge < -0.3 is 5.32 Å². The number of pyridine rings is 1. The smallest absolute Gasteiger partial charge is 0.306 e. The van der Waals surface area contributed by atoms with Crippen molar-refractivity contribution in [2.75, 3.05) is 5.32 Å². The number of para-hydroxylation sites is 1. The lowest BCUT2D eigenvalue weighted by molar-refractivity contribution is 0.210. The van der Waals surface area contributed by atoms with Gasteiger partial charge in [0.2, 0.25) is 0 Å². The van der Waals surface area contributed by atoms with Gasteiger partial charge in [0.25, 0.3) is 0 Å². The van der Waals surface area contributed by atoms with E-state index < -0.39 is 6.03 Å². The van der Waals surface area contributed by atoms with Crippen LogP contribution >= 0.6 is 0 Å². The van der Waals surface area contributed by atoms with Gasteiger partial charge in [-0.15, -0.1) is 4.91 Å². The van der Waals surface area contributed by atoms with Crippen LogP contribution in [0.4, 0.5) is 10.5 Å². The SMILES string of the molecule is O=NN(Cc1cccnc1)C(=O)Nc1ccccc1. The van der Waals surface area contributed by atoms with Crippen molar-refractivity contribution < 1.29 is 4.79 Å². The van der Waals surface area contributed by atoms with E-state index in [1.54, 1.807) is 48.8 Å². The normalized spacial score (nSPS) is 9.68. The van der Waals surface area contributed by atoms with E-state index in [0.29, 0.717) is 5.69 Å². The van der Waals surface area contributed by atoms with Gasteiger partial charge >= 0.3 is 6.03 Å². The van der Waals surface area contributed by atoms with Crippen LogP contribution in [0.5, 0.6) is 0 Å². The Balaban J connectivity index is 2.02. The minimum absolute atomic E-state index is 0.0794.